The molecule has 1 heterocycles. The summed E-state index contributed by atoms with van der Waals surface area (Å²) in [5.41, 5.74) is 0.654. The third-order valence-electron chi connectivity index (χ3n) is 7.42. The van der Waals surface area contributed by atoms with E-state index in [1.807, 2.05) is 19.1 Å². The van der Waals surface area contributed by atoms with Crippen molar-refractivity contribution in [3.8, 4) is 17.2 Å². The lowest BCUT2D eigenvalue weighted by atomic mass is 9.84. The van der Waals surface area contributed by atoms with Crippen molar-refractivity contribution in [3.63, 3.8) is 0 Å². The highest BCUT2D eigenvalue weighted by atomic mass is 16.5. The van der Waals surface area contributed by atoms with Crippen molar-refractivity contribution in [1.29, 1.82) is 0 Å². The number of rotatable bonds is 14. The Balaban J connectivity index is 1.87. The minimum Gasteiger partial charge on any atom is -0.493 e. The number of hydrogen-bond acceptors (Lipinski definition) is 8. The van der Waals surface area contributed by atoms with Crippen molar-refractivity contribution in [2.45, 2.75) is 58.6 Å². The third-order valence-corrected chi connectivity index (χ3v) is 7.42. The van der Waals surface area contributed by atoms with Gasteiger partial charge in [-0.2, -0.15) is 0 Å². The molecule has 0 aliphatic carbocycles. The van der Waals surface area contributed by atoms with Gasteiger partial charge in [0.2, 0.25) is 5.78 Å². The first kappa shape index (κ1) is 32.2. The molecule has 1 aliphatic heterocycles. The molecule has 0 fully saturated rings. The highest BCUT2D eigenvalue weighted by Crippen LogP contribution is 2.32. The van der Waals surface area contributed by atoms with Gasteiger partial charge in [0.1, 0.15) is 17.9 Å². The number of ether oxygens (including phenoxy) is 4. The summed E-state index contributed by atoms with van der Waals surface area (Å²) in [6, 6.07) is 11.3. The van der Waals surface area contributed by atoms with Crippen molar-refractivity contribution in [2.75, 3.05) is 27.4 Å². The molecule has 10 nitrogen and oxygen atoms in total. The molecule has 2 aromatic rings. The quantitative estimate of drug-likeness (QED) is 0.194. The van der Waals surface area contributed by atoms with Crippen LogP contribution in [0.25, 0.3) is 0 Å². The number of aliphatic carboxylic acids is 1. The topological polar surface area (TPSA) is 129 Å². The molecule has 2 atom stereocenters. The SMILES string of the molecule is CCC(C)(C)C(=O)C(=O)N1CC=CCC1C(=O)OC(CCc1ccc(OC)c(OC)c1)c1cccc(OCC(=O)O)c1. The molecular formula is C32H39NO9. The minimum atomic E-state index is -1.12. The van der Waals surface area contributed by atoms with Gasteiger partial charge in [-0.25, -0.2) is 9.59 Å². The molecule has 0 saturated heterocycles. The van der Waals surface area contributed by atoms with Crippen LogP contribution < -0.4 is 14.2 Å². The van der Waals surface area contributed by atoms with Crippen molar-refractivity contribution < 1.29 is 43.2 Å². The number of nitrogens with zero attached hydrogens (tertiary/aromatic N) is 1. The molecule has 0 spiro atoms. The monoisotopic (exact) mass is 581 g/mol. The molecule has 0 bridgehead atoms. The van der Waals surface area contributed by atoms with Crippen LogP contribution in [0.5, 0.6) is 17.2 Å². The number of benzene rings is 2. The molecule has 1 amide bonds. The van der Waals surface area contributed by atoms with E-state index in [1.54, 1.807) is 70.6 Å². The molecule has 2 aromatic carbocycles. The number of carbonyl (C=O) groups is 4. The van der Waals surface area contributed by atoms with Gasteiger partial charge in [-0.05, 0) is 61.1 Å². The van der Waals surface area contributed by atoms with Crippen LogP contribution in [0, 0.1) is 5.41 Å². The van der Waals surface area contributed by atoms with Crippen LogP contribution in [0.1, 0.15) is 57.3 Å². The number of Topliss-reactive ketones (excluding diaryl/α,β-unsaturated/α-hetero) is 1. The summed E-state index contributed by atoms with van der Waals surface area (Å²) < 4.78 is 22.1. The Morgan fingerprint density at radius 3 is 2.43 bits per heavy atom. The summed E-state index contributed by atoms with van der Waals surface area (Å²) in [6.07, 6.45) is 4.35. The van der Waals surface area contributed by atoms with Crippen LogP contribution >= 0.6 is 0 Å². The van der Waals surface area contributed by atoms with Crippen molar-refractivity contribution >= 4 is 23.6 Å². The Hall–Kier alpha value is -4.34. The van der Waals surface area contributed by atoms with Crippen LogP contribution in [0.15, 0.2) is 54.6 Å². The van der Waals surface area contributed by atoms with E-state index >= 15 is 0 Å². The first-order chi connectivity index (χ1) is 20.0. The number of carboxylic acids is 1. The number of aryl methyl sites for hydroxylation is 1. The van der Waals surface area contributed by atoms with Crippen molar-refractivity contribution in [2.24, 2.45) is 5.41 Å². The molecule has 3 rings (SSSR count). The van der Waals surface area contributed by atoms with Crippen molar-refractivity contribution in [3.05, 3.63) is 65.7 Å². The van der Waals surface area contributed by atoms with Crippen LogP contribution in [0.3, 0.4) is 0 Å². The molecule has 0 radical (unpaired) electrons. The summed E-state index contributed by atoms with van der Waals surface area (Å²) in [6.45, 7) is 4.87. The Labute approximate surface area is 246 Å². The fourth-order valence-electron chi connectivity index (χ4n) is 4.49. The van der Waals surface area contributed by atoms with E-state index in [2.05, 4.69) is 0 Å². The molecular weight excluding hydrogens is 542 g/mol. The number of esters is 1. The lowest BCUT2D eigenvalue weighted by molar-refractivity contribution is -0.162. The van der Waals surface area contributed by atoms with E-state index in [0.717, 1.165) is 5.56 Å². The second kappa shape index (κ2) is 14.5. The fraction of sp³-hybridized carbons (Fsp3) is 0.438. The summed E-state index contributed by atoms with van der Waals surface area (Å²) in [7, 11) is 3.10. The third kappa shape index (κ3) is 8.11. The van der Waals surface area contributed by atoms with Crippen LogP contribution in [-0.2, 0) is 30.3 Å². The maximum atomic E-state index is 13.6. The first-order valence-electron chi connectivity index (χ1n) is 13.9. The average Bonchev–Trinajstić information content (AvgIpc) is 3.01. The normalized spacial score (nSPS) is 15.5. The smallest absolute Gasteiger partial charge is 0.341 e. The van der Waals surface area contributed by atoms with E-state index in [1.165, 1.54) is 4.90 Å². The Morgan fingerprint density at radius 2 is 1.76 bits per heavy atom. The van der Waals surface area contributed by atoms with E-state index in [-0.39, 0.29) is 13.0 Å². The number of hydrogen-bond donors (Lipinski definition) is 1. The Morgan fingerprint density at radius 1 is 1.02 bits per heavy atom. The van der Waals surface area contributed by atoms with Gasteiger partial charge in [0.05, 0.1) is 14.2 Å². The number of methoxy groups -OCH3 is 2. The zero-order valence-electron chi connectivity index (χ0n) is 24.8. The van der Waals surface area contributed by atoms with E-state index < -0.39 is 47.8 Å². The second-order valence-corrected chi connectivity index (χ2v) is 10.7. The van der Waals surface area contributed by atoms with Gasteiger partial charge in [-0.3, -0.25) is 9.59 Å². The molecule has 1 N–H and O–H groups in total. The van der Waals surface area contributed by atoms with Crippen LogP contribution in [-0.4, -0.2) is 67.0 Å². The minimum absolute atomic E-state index is 0.124. The zero-order chi connectivity index (χ0) is 30.9. The molecule has 0 aromatic heterocycles. The molecule has 42 heavy (non-hydrogen) atoms. The highest BCUT2D eigenvalue weighted by Gasteiger charge is 2.40. The Bertz CT molecular complexity index is 1320. The summed E-state index contributed by atoms with van der Waals surface area (Å²) >= 11 is 0. The fourth-order valence-corrected chi connectivity index (χ4v) is 4.49. The van der Waals surface area contributed by atoms with Crippen molar-refractivity contribution in [1.82, 2.24) is 4.90 Å². The molecule has 10 heteroatoms. The van der Waals surface area contributed by atoms with Crippen LogP contribution in [0.2, 0.25) is 0 Å². The maximum absolute atomic E-state index is 13.6. The molecule has 226 valence electrons. The van der Waals surface area contributed by atoms with Gasteiger partial charge in [0.15, 0.2) is 18.1 Å². The predicted molar refractivity (Wildman–Crippen MR) is 155 cm³/mol. The first-order valence-corrected chi connectivity index (χ1v) is 13.9. The molecule has 1 aliphatic rings. The number of amides is 1. The van der Waals surface area contributed by atoms with Gasteiger partial charge in [-0.1, -0.05) is 51.1 Å². The predicted octanol–water partition coefficient (Wildman–Crippen LogP) is 4.55. The largest absolute Gasteiger partial charge is 0.493 e. The zero-order valence-corrected chi connectivity index (χ0v) is 24.8. The molecule has 0 saturated carbocycles. The Kier molecular flexibility index (Phi) is 11.1. The number of carbonyl (C=O) groups excluding carboxylic acids is 3. The summed E-state index contributed by atoms with van der Waals surface area (Å²) in [5.74, 6) is -1.55. The van der Waals surface area contributed by atoms with Gasteiger partial charge in [0.25, 0.3) is 5.91 Å². The maximum Gasteiger partial charge on any atom is 0.341 e. The average molecular weight is 582 g/mol. The molecule has 2 unspecified atom stereocenters. The van der Waals surface area contributed by atoms with Gasteiger partial charge in [-0.15, -0.1) is 0 Å². The van der Waals surface area contributed by atoms with E-state index in [9.17, 15) is 19.2 Å². The van der Waals surface area contributed by atoms with Gasteiger partial charge >= 0.3 is 11.9 Å². The van der Waals surface area contributed by atoms with E-state index in [4.69, 9.17) is 24.1 Å². The van der Waals surface area contributed by atoms with E-state index in [0.29, 0.717) is 42.1 Å². The summed E-state index contributed by atoms with van der Waals surface area (Å²) in [4.78, 5) is 52.1. The van der Waals surface area contributed by atoms with Gasteiger partial charge in [0, 0.05) is 12.0 Å². The lowest BCUT2D eigenvalue weighted by Crippen LogP contribution is -2.52. The summed E-state index contributed by atoms with van der Waals surface area (Å²) in [5, 5.41) is 9.01. The van der Waals surface area contributed by atoms with Crippen LogP contribution in [0.4, 0.5) is 0 Å². The standard InChI is InChI=1S/C32H39NO9/c1-6-32(2,3)29(36)30(37)33-17-8-7-12-24(33)31(38)42-25(22-10-9-11-23(19-22)41-20-28(34)35)15-13-21-14-16-26(39-4)27(18-21)40-5/h7-11,14,16,18-19,24-25H,6,12-13,15,17,20H2,1-5H3,(H,34,35). The highest BCUT2D eigenvalue weighted by molar-refractivity contribution is 6.38. The lowest BCUT2D eigenvalue weighted by Gasteiger charge is -2.34. The number of carboxylic acid groups (broad SMARTS) is 1. The second-order valence-electron chi connectivity index (χ2n) is 10.7. The number of ketones is 1. The van der Waals surface area contributed by atoms with Gasteiger partial charge < -0.3 is 29.0 Å².